The number of aryl methyl sites for hydroxylation is 1. The Morgan fingerprint density at radius 1 is 0.915 bits per heavy atom. The van der Waals surface area contributed by atoms with Gasteiger partial charge in [-0.25, -0.2) is 4.98 Å². The maximum Gasteiger partial charge on any atom is 0.272 e. The third-order valence-corrected chi connectivity index (χ3v) is 9.36. The molecule has 5 aromatic rings. The van der Waals surface area contributed by atoms with E-state index in [9.17, 15) is 14.4 Å². The Labute approximate surface area is 281 Å². The number of nitrogens with zero attached hydrogens (tertiary/aromatic N) is 1. The maximum atomic E-state index is 13.7. The smallest absolute Gasteiger partial charge is 0.272 e. The second-order valence-corrected chi connectivity index (χ2v) is 12.8. The Bertz CT molecular complexity index is 1940. The molecule has 0 saturated carbocycles. The second-order valence-electron chi connectivity index (χ2n) is 10.5. The summed E-state index contributed by atoms with van der Waals surface area (Å²) in [4.78, 5) is 45.4. The first-order valence-corrected chi connectivity index (χ1v) is 16.5. The van der Waals surface area contributed by atoms with E-state index in [0.717, 1.165) is 20.7 Å². The highest BCUT2D eigenvalue weighted by atomic mass is 32.2. The summed E-state index contributed by atoms with van der Waals surface area (Å²) < 4.78 is 11.9. The number of nitrogens with one attached hydrogen (secondary N) is 3. The van der Waals surface area contributed by atoms with Gasteiger partial charge in [0.05, 0.1) is 29.7 Å². The van der Waals surface area contributed by atoms with Crippen molar-refractivity contribution in [3.05, 3.63) is 113 Å². The molecule has 9 nitrogen and oxygen atoms in total. The fraction of sp³-hybridized carbons (Fsp3) is 0.167. The number of aromatic nitrogens is 1. The van der Waals surface area contributed by atoms with Crippen molar-refractivity contribution < 1.29 is 23.9 Å². The van der Waals surface area contributed by atoms with Crippen LogP contribution in [-0.2, 0) is 9.59 Å². The summed E-state index contributed by atoms with van der Waals surface area (Å²) in [6.45, 7) is 3.97. The van der Waals surface area contributed by atoms with Crippen LogP contribution in [0.25, 0.3) is 16.3 Å². The largest absolute Gasteiger partial charge is 0.497 e. The fourth-order valence-electron chi connectivity index (χ4n) is 4.65. The van der Waals surface area contributed by atoms with Gasteiger partial charge in [0, 0.05) is 21.7 Å². The minimum absolute atomic E-state index is 0.000281. The average Bonchev–Trinajstić information content (AvgIpc) is 3.48. The SMILES string of the molecule is CCC(Sc1cccc(NC(=O)/C(=C\c2cc(OC)ccc2OC)NC(=O)c2ccccc2)c1)C(=O)Nc1nc2ccc(C)cc2s1. The lowest BCUT2D eigenvalue weighted by atomic mass is 10.1. The number of fused-ring (bicyclic) bond motifs is 1. The molecule has 4 aromatic carbocycles. The van der Waals surface area contributed by atoms with Gasteiger partial charge >= 0.3 is 0 Å². The topological polar surface area (TPSA) is 119 Å². The van der Waals surface area contributed by atoms with E-state index in [4.69, 9.17) is 9.47 Å². The molecule has 1 atom stereocenters. The zero-order chi connectivity index (χ0) is 33.3. The van der Waals surface area contributed by atoms with Crippen LogP contribution in [0.15, 0.2) is 102 Å². The van der Waals surface area contributed by atoms with E-state index in [1.165, 1.54) is 36.3 Å². The highest BCUT2D eigenvalue weighted by Gasteiger charge is 2.21. The minimum Gasteiger partial charge on any atom is -0.497 e. The molecule has 1 heterocycles. The quantitative estimate of drug-likeness (QED) is 0.0930. The molecule has 47 heavy (non-hydrogen) atoms. The van der Waals surface area contributed by atoms with Crippen molar-refractivity contribution >= 4 is 67.9 Å². The van der Waals surface area contributed by atoms with E-state index >= 15 is 0 Å². The van der Waals surface area contributed by atoms with E-state index in [1.54, 1.807) is 73.8 Å². The molecular formula is C36H34N4O5S2. The average molecular weight is 667 g/mol. The molecule has 11 heteroatoms. The lowest BCUT2D eigenvalue weighted by Crippen LogP contribution is -2.30. The Morgan fingerprint density at radius 3 is 2.47 bits per heavy atom. The van der Waals surface area contributed by atoms with Crippen molar-refractivity contribution in [3.63, 3.8) is 0 Å². The summed E-state index contributed by atoms with van der Waals surface area (Å²) in [5.74, 6) is -0.0869. The van der Waals surface area contributed by atoms with E-state index in [0.29, 0.717) is 39.9 Å². The fourth-order valence-corrected chi connectivity index (χ4v) is 6.63. The van der Waals surface area contributed by atoms with Gasteiger partial charge in [0.1, 0.15) is 17.2 Å². The molecule has 0 aliphatic carbocycles. The first-order valence-electron chi connectivity index (χ1n) is 14.8. The van der Waals surface area contributed by atoms with Crippen LogP contribution in [0, 0.1) is 6.92 Å². The molecule has 0 spiro atoms. The maximum absolute atomic E-state index is 13.7. The molecule has 3 amide bonds. The second kappa shape index (κ2) is 15.4. The van der Waals surface area contributed by atoms with Gasteiger partial charge in [-0.1, -0.05) is 48.6 Å². The van der Waals surface area contributed by atoms with E-state index in [1.807, 2.05) is 32.0 Å². The molecule has 5 rings (SSSR count). The van der Waals surface area contributed by atoms with Gasteiger partial charge < -0.3 is 25.4 Å². The number of amides is 3. The van der Waals surface area contributed by atoms with Crippen LogP contribution in [0.5, 0.6) is 11.5 Å². The number of ether oxygens (including phenoxy) is 2. The molecule has 240 valence electrons. The van der Waals surface area contributed by atoms with Crippen LogP contribution < -0.4 is 25.4 Å². The van der Waals surface area contributed by atoms with Crippen molar-refractivity contribution in [1.29, 1.82) is 0 Å². The molecule has 3 N–H and O–H groups in total. The highest BCUT2D eigenvalue weighted by Crippen LogP contribution is 2.31. The zero-order valence-electron chi connectivity index (χ0n) is 26.3. The number of rotatable bonds is 12. The van der Waals surface area contributed by atoms with Crippen molar-refractivity contribution in [2.45, 2.75) is 30.4 Å². The van der Waals surface area contributed by atoms with Gasteiger partial charge in [-0.05, 0) is 85.6 Å². The molecule has 0 aliphatic heterocycles. The lowest BCUT2D eigenvalue weighted by molar-refractivity contribution is -0.116. The Kier molecular flexibility index (Phi) is 10.9. The molecule has 1 aromatic heterocycles. The van der Waals surface area contributed by atoms with Crippen LogP contribution >= 0.6 is 23.1 Å². The number of hydrogen-bond donors (Lipinski definition) is 3. The van der Waals surface area contributed by atoms with E-state index in [-0.39, 0.29) is 11.6 Å². The minimum atomic E-state index is -0.544. The number of methoxy groups -OCH3 is 2. The van der Waals surface area contributed by atoms with Gasteiger partial charge in [0.2, 0.25) is 5.91 Å². The number of benzene rings is 4. The lowest BCUT2D eigenvalue weighted by Gasteiger charge is -2.15. The first-order chi connectivity index (χ1) is 22.8. The molecule has 1 unspecified atom stereocenters. The van der Waals surface area contributed by atoms with E-state index < -0.39 is 17.1 Å². The summed E-state index contributed by atoms with van der Waals surface area (Å²) >= 11 is 2.84. The van der Waals surface area contributed by atoms with Crippen molar-refractivity contribution in [2.24, 2.45) is 0 Å². The number of carbonyl (C=O) groups excluding carboxylic acids is 3. The standard InChI is InChI=1S/C36H34N4O5S2/c1-5-31(35(43)40-36-39-28-16-14-22(2)18-32(28)47-36)46-27-13-9-12-25(21-27)37-34(42)29(38-33(41)23-10-7-6-8-11-23)20-24-19-26(44-3)15-17-30(24)45-4/h6-21,31H,5H2,1-4H3,(H,37,42)(H,38,41)(H,39,40,43)/b29-20+. The Balaban J connectivity index is 1.34. The summed E-state index contributed by atoms with van der Waals surface area (Å²) in [5.41, 5.74) is 3.41. The Hall–Kier alpha value is -5.13. The first kappa shape index (κ1) is 33.2. The molecule has 0 bridgehead atoms. The van der Waals surface area contributed by atoms with Gasteiger partial charge in [0.15, 0.2) is 5.13 Å². The predicted molar refractivity (Wildman–Crippen MR) is 189 cm³/mol. The summed E-state index contributed by atoms with van der Waals surface area (Å²) in [5, 5.41) is 8.77. The molecule has 0 fully saturated rings. The number of hydrogen-bond acceptors (Lipinski definition) is 8. The number of carbonyl (C=O) groups is 3. The van der Waals surface area contributed by atoms with Crippen molar-refractivity contribution in [1.82, 2.24) is 10.3 Å². The monoisotopic (exact) mass is 666 g/mol. The van der Waals surface area contributed by atoms with Crippen molar-refractivity contribution in [3.8, 4) is 11.5 Å². The zero-order valence-corrected chi connectivity index (χ0v) is 28.0. The third kappa shape index (κ3) is 8.57. The van der Waals surface area contributed by atoms with Crippen LogP contribution in [0.3, 0.4) is 0 Å². The number of anilines is 2. The molecule has 0 radical (unpaired) electrons. The normalized spacial score (nSPS) is 11.9. The van der Waals surface area contributed by atoms with Crippen molar-refractivity contribution in [2.75, 3.05) is 24.9 Å². The van der Waals surface area contributed by atoms with E-state index in [2.05, 4.69) is 27.0 Å². The summed E-state index contributed by atoms with van der Waals surface area (Å²) in [6.07, 6.45) is 2.12. The molecule has 0 aliphatic rings. The summed E-state index contributed by atoms with van der Waals surface area (Å²) in [7, 11) is 3.06. The number of thiazole rings is 1. The summed E-state index contributed by atoms with van der Waals surface area (Å²) in [6, 6.07) is 27.0. The Morgan fingerprint density at radius 2 is 1.72 bits per heavy atom. The van der Waals surface area contributed by atoms with Gasteiger partial charge in [0.25, 0.3) is 11.8 Å². The predicted octanol–water partition coefficient (Wildman–Crippen LogP) is 7.54. The van der Waals surface area contributed by atoms with Gasteiger partial charge in [-0.15, -0.1) is 11.8 Å². The highest BCUT2D eigenvalue weighted by molar-refractivity contribution is 8.00. The third-order valence-electron chi connectivity index (χ3n) is 7.07. The molecular weight excluding hydrogens is 633 g/mol. The number of thioether (sulfide) groups is 1. The molecule has 0 saturated heterocycles. The van der Waals surface area contributed by atoms with Crippen LogP contribution in [-0.4, -0.2) is 42.2 Å². The van der Waals surface area contributed by atoms with Crippen LogP contribution in [0.1, 0.15) is 34.8 Å². The van der Waals surface area contributed by atoms with Crippen LogP contribution in [0.2, 0.25) is 0 Å². The van der Waals surface area contributed by atoms with Crippen LogP contribution in [0.4, 0.5) is 10.8 Å². The van der Waals surface area contributed by atoms with Gasteiger partial charge in [-0.3, -0.25) is 14.4 Å². The van der Waals surface area contributed by atoms with Gasteiger partial charge in [-0.2, -0.15) is 0 Å².